The van der Waals surface area contributed by atoms with Gasteiger partial charge in [-0.15, -0.1) is 11.6 Å². The average Bonchev–Trinajstić information content (AvgIpc) is 2.41. The summed E-state index contributed by atoms with van der Waals surface area (Å²) in [5, 5.41) is 0. The molecule has 0 N–H and O–H groups in total. The van der Waals surface area contributed by atoms with Crippen molar-refractivity contribution >= 4 is 17.4 Å². The molecule has 2 heterocycles. The Kier molecular flexibility index (Phi) is 4.99. The van der Waals surface area contributed by atoms with Crippen LogP contribution in [0.3, 0.4) is 0 Å². The van der Waals surface area contributed by atoms with Crippen molar-refractivity contribution in [3.8, 4) is 0 Å². The first-order valence-electron chi connectivity index (χ1n) is 6.88. The van der Waals surface area contributed by atoms with Crippen LogP contribution in [0.5, 0.6) is 0 Å². The molecule has 2 rings (SSSR count). The number of hydrogen-bond donors (Lipinski definition) is 0. The van der Waals surface area contributed by atoms with E-state index in [1.807, 2.05) is 13.1 Å². The van der Waals surface area contributed by atoms with Gasteiger partial charge >= 0.3 is 0 Å². The van der Waals surface area contributed by atoms with Crippen LogP contribution in [-0.2, 0) is 5.88 Å². The summed E-state index contributed by atoms with van der Waals surface area (Å²) in [4.78, 5) is 13.4. The molecule has 1 aromatic heterocycles. The lowest BCUT2D eigenvalue weighted by Crippen LogP contribution is -2.36. The number of halogens is 1. The van der Waals surface area contributed by atoms with Crippen molar-refractivity contribution in [2.45, 2.75) is 25.6 Å². The summed E-state index contributed by atoms with van der Waals surface area (Å²) in [5.41, 5.74) is 1.02. The van der Waals surface area contributed by atoms with E-state index in [0.717, 1.165) is 29.7 Å². The second kappa shape index (κ2) is 6.53. The third-order valence-electron chi connectivity index (χ3n) is 3.84. The molecular weight excluding hydrogens is 260 g/mol. The number of aromatic nitrogens is 2. The second-order valence-electron chi connectivity index (χ2n) is 5.53. The molecule has 0 radical (unpaired) electrons. The maximum Gasteiger partial charge on any atom is 0.136 e. The Morgan fingerprint density at radius 3 is 2.74 bits per heavy atom. The Morgan fingerprint density at radius 1 is 1.42 bits per heavy atom. The van der Waals surface area contributed by atoms with E-state index in [2.05, 4.69) is 33.9 Å². The number of alkyl halides is 1. The molecule has 0 atom stereocenters. The maximum atomic E-state index is 5.98. The van der Waals surface area contributed by atoms with Gasteiger partial charge in [-0.05, 0) is 45.8 Å². The molecule has 0 amide bonds. The second-order valence-corrected chi connectivity index (χ2v) is 5.79. The van der Waals surface area contributed by atoms with E-state index in [0.29, 0.717) is 5.88 Å². The Balaban J connectivity index is 2.03. The third-order valence-corrected chi connectivity index (χ3v) is 4.13. The lowest BCUT2D eigenvalue weighted by molar-refractivity contribution is 0.222. The third kappa shape index (κ3) is 3.80. The molecule has 0 aliphatic carbocycles. The zero-order valence-corrected chi connectivity index (χ0v) is 12.8. The van der Waals surface area contributed by atoms with Crippen LogP contribution < -0.4 is 4.90 Å². The van der Waals surface area contributed by atoms with Crippen LogP contribution in [0, 0.1) is 12.8 Å². The standard InChI is InChI=1S/C14H23ClN4/c1-11-16-9-13(8-15)14(17-11)19(3)10-12-4-6-18(2)7-5-12/h9,12H,4-8,10H2,1-3H3. The largest absolute Gasteiger partial charge is 0.359 e. The lowest BCUT2D eigenvalue weighted by atomic mass is 9.96. The Hall–Kier alpha value is -0.870. The average molecular weight is 283 g/mol. The van der Waals surface area contributed by atoms with Crippen LogP contribution in [0.25, 0.3) is 0 Å². The molecular formula is C14H23ClN4. The molecule has 1 aliphatic rings. The van der Waals surface area contributed by atoms with Crippen molar-refractivity contribution in [3.63, 3.8) is 0 Å². The van der Waals surface area contributed by atoms with Gasteiger partial charge in [0.05, 0.1) is 5.88 Å². The van der Waals surface area contributed by atoms with E-state index in [4.69, 9.17) is 11.6 Å². The van der Waals surface area contributed by atoms with Crippen molar-refractivity contribution in [1.82, 2.24) is 14.9 Å². The van der Waals surface area contributed by atoms with E-state index in [9.17, 15) is 0 Å². The van der Waals surface area contributed by atoms with Crippen LogP contribution in [0.1, 0.15) is 24.2 Å². The predicted octanol–water partition coefficient (Wildman–Crippen LogP) is 2.30. The fourth-order valence-electron chi connectivity index (χ4n) is 2.63. The molecule has 0 bridgehead atoms. The number of anilines is 1. The smallest absolute Gasteiger partial charge is 0.136 e. The molecule has 1 saturated heterocycles. The van der Waals surface area contributed by atoms with Crippen LogP contribution in [0.4, 0.5) is 5.82 Å². The van der Waals surface area contributed by atoms with Crippen molar-refractivity contribution in [1.29, 1.82) is 0 Å². The Bertz CT molecular complexity index is 416. The monoisotopic (exact) mass is 282 g/mol. The number of rotatable bonds is 4. The summed E-state index contributed by atoms with van der Waals surface area (Å²) in [6, 6.07) is 0. The van der Waals surface area contributed by atoms with Crippen molar-refractivity contribution in [3.05, 3.63) is 17.6 Å². The van der Waals surface area contributed by atoms with Gasteiger partial charge in [0, 0.05) is 25.4 Å². The van der Waals surface area contributed by atoms with Gasteiger partial charge < -0.3 is 9.80 Å². The fourth-order valence-corrected chi connectivity index (χ4v) is 2.81. The van der Waals surface area contributed by atoms with Gasteiger partial charge in [-0.3, -0.25) is 0 Å². The van der Waals surface area contributed by atoms with Gasteiger partial charge in [0.1, 0.15) is 11.6 Å². The number of aryl methyl sites for hydroxylation is 1. The van der Waals surface area contributed by atoms with Crippen LogP contribution >= 0.6 is 11.6 Å². The molecule has 0 unspecified atom stereocenters. The minimum absolute atomic E-state index is 0.466. The SMILES string of the molecule is Cc1ncc(CCl)c(N(C)CC2CCN(C)CC2)n1. The molecule has 106 valence electrons. The van der Waals surface area contributed by atoms with Crippen molar-refractivity contribution in [2.75, 3.05) is 38.6 Å². The molecule has 4 nitrogen and oxygen atoms in total. The van der Waals surface area contributed by atoms with Gasteiger partial charge in [0.15, 0.2) is 0 Å². The zero-order chi connectivity index (χ0) is 13.8. The Morgan fingerprint density at radius 2 is 2.11 bits per heavy atom. The maximum absolute atomic E-state index is 5.98. The number of hydrogen-bond acceptors (Lipinski definition) is 4. The minimum Gasteiger partial charge on any atom is -0.359 e. The number of likely N-dealkylation sites (tertiary alicyclic amines) is 1. The Labute approximate surface area is 120 Å². The van der Waals surface area contributed by atoms with E-state index in [1.165, 1.54) is 25.9 Å². The highest BCUT2D eigenvalue weighted by molar-refractivity contribution is 6.17. The predicted molar refractivity (Wildman–Crippen MR) is 79.8 cm³/mol. The first-order valence-corrected chi connectivity index (χ1v) is 7.41. The summed E-state index contributed by atoms with van der Waals surface area (Å²) in [5.74, 6) is 3.01. The molecule has 0 spiro atoms. The molecule has 1 aromatic rings. The first kappa shape index (κ1) is 14.5. The highest BCUT2D eigenvalue weighted by atomic mass is 35.5. The van der Waals surface area contributed by atoms with Crippen LogP contribution in [0.15, 0.2) is 6.20 Å². The van der Waals surface area contributed by atoms with Crippen molar-refractivity contribution in [2.24, 2.45) is 5.92 Å². The molecule has 0 saturated carbocycles. The fraction of sp³-hybridized carbons (Fsp3) is 0.714. The van der Waals surface area contributed by atoms with Crippen molar-refractivity contribution < 1.29 is 0 Å². The van der Waals surface area contributed by atoms with E-state index >= 15 is 0 Å². The van der Waals surface area contributed by atoms with Gasteiger partial charge in [-0.25, -0.2) is 9.97 Å². The van der Waals surface area contributed by atoms with Gasteiger partial charge in [-0.1, -0.05) is 0 Å². The normalized spacial score (nSPS) is 17.7. The highest BCUT2D eigenvalue weighted by Gasteiger charge is 2.20. The van der Waals surface area contributed by atoms with Crippen LogP contribution in [-0.4, -0.2) is 48.6 Å². The summed E-state index contributed by atoms with van der Waals surface area (Å²) < 4.78 is 0. The molecule has 19 heavy (non-hydrogen) atoms. The molecule has 1 fully saturated rings. The van der Waals surface area contributed by atoms with Gasteiger partial charge in [0.25, 0.3) is 0 Å². The molecule has 5 heteroatoms. The van der Waals surface area contributed by atoms with E-state index < -0.39 is 0 Å². The summed E-state index contributed by atoms with van der Waals surface area (Å²) in [7, 11) is 4.30. The van der Waals surface area contributed by atoms with Gasteiger partial charge in [0.2, 0.25) is 0 Å². The minimum atomic E-state index is 0.466. The molecule has 1 aliphatic heterocycles. The first-order chi connectivity index (χ1) is 9.10. The molecule has 0 aromatic carbocycles. The number of piperidine rings is 1. The number of nitrogens with zero attached hydrogens (tertiary/aromatic N) is 4. The van der Waals surface area contributed by atoms with Gasteiger partial charge in [-0.2, -0.15) is 0 Å². The highest BCUT2D eigenvalue weighted by Crippen LogP contribution is 2.22. The zero-order valence-electron chi connectivity index (χ0n) is 12.1. The van der Waals surface area contributed by atoms with Crippen LogP contribution in [0.2, 0.25) is 0 Å². The summed E-state index contributed by atoms with van der Waals surface area (Å²) in [6.45, 7) is 5.37. The summed E-state index contributed by atoms with van der Waals surface area (Å²) in [6.07, 6.45) is 4.37. The van der Waals surface area contributed by atoms with E-state index in [1.54, 1.807) is 0 Å². The quantitative estimate of drug-likeness (QED) is 0.794. The summed E-state index contributed by atoms with van der Waals surface area (Å²) >= 11 is 5.98. The topological polar surface area (TPSA) is 32.3 Å². The van der Waals surface area contributed by atoms with E-state index in [-0.39, 0.29) is 0 Å². The lowest BCUT2D eigenvalue weighted by Gasteiger charge is -2.32.